The number of Topliss-reactive ketones (excluding diaryl/α,β-unsaturated/α-hetero) is 2. The Kier molecular flexibility index (Phi) is 10.9. The number of carbonyl (C=O) groups excluding carboxylic acids is 4. The van der Waals surface area contributed by atoms with Crippen LogP contribution >= 0.6 is 0 Å². The number of ketones is 2. The Bertz CT molecular complexity index is 1350. The number of rotatable bonds is 14. The summed E-state index contributed by atoms with van der Waals surface area (Å²) in [6.45, 7) is 14.8. The third kappa shape index (κ3) is 7.07. The summed E-state index contributed by atoms with van der Waals surface area (Å²) in [5.74, 6) is -2.75. The second-order valence-electron chi connectivity index (χ2n) is 19.4. The van der Waals surface area contributed by atoms with E-state index in [-0.39, 0.29) is 64.3 Å². The molecule has 2 aliphatic heterocycles. The van der Waals surface area contributed by atoms with Gasteiger partial charge in [-0.15, -0.1) is 0 Å². The molecule has 9 heteroatoms. The van der Waals surface area contributed by atoms with Gasteiger partial charge in [-0.25, -0.2) is 0 Å². The number of carboxylic acids is 1. The van der Waals surface area contributed by atoms with Crippen LogP contribution in [0.25, 0.3) is 0 Å². The molecule has 2 saturated heterocycles. The molecule has 4 aliphatic carbocycles. The van der Waals surface area contributed by atoms with Crippen molar-refractivity contribution in [3.63, 3.8) is 0 Å². The number of carboxylic acid groups (broad SMARTS) is 1. The van der Waals surface area contributed by atoms with Gasteiger partial charge in [-0.05, 0) is 92.9 Å². The van der Waals surface area contributed by atoms with E-state index in [1.54, 1.807) is 0 Å². The third-order valence-corrected chi connectivity index (χ3v) is 15.2. The van der Waals surface area contributed by atoms with Crippen LogP contribution in [0, 0.1) is 45.3 Å². The van der Waals surface area contributed by atoms with Gasteiger partial charge in [0.15, 0.2) is 11.6 Å². The molecule has 0 aromatic heterocycles. The van der Waals surface area contributed by atoms with Gasteiger partial charge >= 0.3 is 5.97 Å². The average Bonchev–Trinajstić information content (AvgIpc) is 3.93. The summed E-state index contributed by atoms with van der Waals surface area (Å²) in [6.07, 6.45) is 14.2. The lowest BCUT2D eigenvalue weighted by molar-refractivity contribution is -0.147. The summed E-state index contributed by atoms with van der Waals surface area (Å²) in [7, 11) is 0. The van der Waals surface area contributed by atoms with Gasteiger partial charge in [0, 0.05) is 43.3 Å². The molecule has 51 heavy (non-hydrogen) atoms. The molecule has 9 nitrogen and oxygen atoms in total. The Morgan fingerprint density at radius 1 is 0.882 bits per heavy atom. The highest BCUT2D eigenvalue weighted by molar-refractivity contribution is 5.96. The summed E-state index contributed by atoms with van der Waals surface area (Å²) in [5.41, 5.74) is -0.578. The smallest absolute Gasteiger partial charge is 0.306 e. The van der Waals surface area contributed by atoms with E-state index < -0.39 is 35.3 Å². The summed E-state index contributed by atoms with van der Waals surface area (Å²) in [4.78, 5) is 74.1. The molecule has 2 spiro atoms. The van der Waals surface area contributed by atoms with Crippen molar-refractivity contribution in [2.24, 2.45) is 45.3 Å². The van der Waals surface area contributed by atoms with Gasteiger partial charge in [-0.1, -0.05) is 73.6 Å². The zero-order valence-corrected chi connectivity index (χ0v) is 32.6. The zero-order chi connectivity index (χ0) is 36.9. The van der Waals surface area contributed by atoms with Crippen molar-refractivity contribution < 1.29 is 29.1 Å². The number of likely N-dealkylation sites (tertiary alicyclic amines) is 2. The monoisotopic (exact) mass is 710 g/mol. The lowest BCUT2D eigenvalue weighted by Crippen LogP contribution is -2.54. The molecule has 0 bridgehead atoms. The minimum absolute atomic E-state index is 0.00655. The molecule has 0 radical (unpaired) electrons. The first-order valence-electron chi connectivity index (χ1n) is 20.7. The maximum Gasteiger partial charge on any atom is 0.306 e. The van der Waals surface area contributed by atoms with Crippen molar-refractivity contribution in [3.8, 4) is 0 Å². The maximum absolute atomic E-state index is 15.1. The summed E-state index contributed by atoms with van der Waals surface area (Å²) in [5, 5.41) is 13.2. The molecule has 0 aromatic rings. The molecular weight excluding hydrogens is 642 g/mol. The number of carbonyl (C=O) groups is 5. The van der Waals surface area contributed by atoms with Gasteiger partial charge in [-0.3, -0.25) is 28.9 Å². The molecule has 2 N–H and O–H groups in total. The lowest BCUT2D eigenvalue weighted by atomic mass is 9.73. The fraction of sp³-hybridized carbons (Fsp3) is 0.881. The highest BCUT2D eigenvalue weighted by atomic mass is 16.4. The van der Waals surface area contributed by atoms with E-state index >= 15 is 4.79 Å². The quantitative estimate of drug-likeness (QED) is 0.203. The summed E-state index contributed by atoms with van der Waals surface area (Å²) < 4.78 is 0. The molecule has 2 heterocycles. The fourth-order valence-electron chi connectivity index (χ4n) is 11.7. The van der Waals surface area contributed by atoms with E-state index in [1.807, 2.05) is 32.6 Å². The van der Waals surface area contributed by atoms with E-state index in [0.29, 0.717) is 31.8 Å². The van der Waals surface area contributed by atoms with Crippen molar-refractivity contribution in [2.45, 2.75) is 169 Å². The Morgan fingerprint density at radius 3 is 2.12 bits per heavy atom. The van der Waals surface area contributed by atoms with E-state index in [9.17, 15) is 24.3 Å². The minimum Gasteiger partial charge on any atom is -0.481 e. The van der Waals surface area contributed by atoms with Gasteiger partial charge in [-0.2, -0.15) is 0 Å². The van der Waals surface area contributed by atoms with Crippen LogP contribution in [-0.4, -0.2) is 82.0 Å². The fourth-order valence-corrected chi connectivity index (χ4v) is 11.7. The molecule has 6 atom stereocenters. The Hall–Kier alpha value is -2.29. The number of aliphatic carboxylic acids is 1. The van der Waals surface area contributed by atoms with Crippen LogP contribution in [0.1, 0.15) is 151 Å². The Labute approximate surface area is 306 Å². The van der Waals surface area contributed by atoms with Crippen LogP contribution in [-0.2, 0) is 24.0 Å². The van der Waals surface area contributed by atoms with E-state index in [0.717, 1.165) is 77.3 Å². The number of hydrogen-bond donors (Lipinski definition) is 2. The number of nitrogens with zero attached hydrogens (tertiary/aromatic N) is 2. The minimum atomic E-state index is -0.951. The van der Waals surface area contributed by atoms with Crippen LogP contribution in [0.3, 0.4) is 0 Å². The van der Waals surface area contributed by atoms with Crippen LogP contribution in [0.15, 0.2) is 0 Å². The maximum atomic E-state index is 15.1. The zero-order valence-electron chi connectivity index (χ0n) is 32.6. The summed E-state index contributed by atoms with van der Waals surface area (Å²) >= 11 is 0. The Morgan fingerprint density at radius 2 is 1.57 bits per heavy atom. The van der Waals surface area contributed by atoms with Gasteiger partial charge < -0.3 is 15.3 Å². The molecule has 0 unspecified atom stereocenters. The SMILES string of the molecule is CCC[C@@H](CC(=O)[C@@H]1C[C@]2(CN1C(=O)[C@H](CC(=O)[C@@H](NC(=O)[C@H]1CCCN(C3CC3)C1)C(C)(C)C)C1CCCCC1)C(C)(C)C21CCC1)C(=O)O. The highest BCUT2D eigenvalue weighted by Crippen LogP contribution is 2.88. The molecule has 2 amide bonds. The predicted molar refractivity (Wildman–Crippen MR) is 197 cm³/mol. The lowest BCUT2D eigenvalue weighted by Gasteiger charge is -2.38. The first-order chi connectivity index (χ1) is 24.1. The number of fused-ring (bicyclic) bond motifs is 1. The molecular formula is C42H67N3O6. The number of hydrogen-bond acceptors (Lipinski definition) is 6. The second-order valence-corrected chi connectivity index (χ2v) is 19.4. The third-order valence-electron chi connectivity index (χ3n) is 15.2. The number of nitrogens with one attached hydrogen (secondary N) is 1. The molecule has 0 aromatic carbocycles. The van der Waals surface area contributed by atoms with Crippen LogP contribution in [0.5, 0.6) is 0 Å². The van der Waals surface area contributed by atoms with Crippen molar-refractivity contribution >= 4 is 29.4 Å². The van der Waals surface area contributed by atoms with Crippen molar-refractivity contribution in [1.82, 2.24) is 15.1 Å². The average molecular weight is 710 g/mol. The number of piperidine rings is 1. The second kappa shape index (κ2) is 14.5. The van der Waals surface area contributed by atoms with Crippen molar-refractivity contribution in [1.29, 1.82) is 0 Å². The first-order valence-corrected chi connectivity index (χ1v) is 20.7. The van der Waals surface area contributed by atoms with Gasteiger partial charge in [0.05, 0.1) is 23.9 Å². The summed E-state index contributed by atoms with van der Waals surface area (Å²) in [6, 6.07) is -0.769. The Balaban J connectivity index is 1.25. The largest absolute Gasteiger partial charge is 0.481 e. The predicted octanol–water partition coefficient (Wildman–Crippen LogP) is 6.80. The van der Waals surface area contributed by atoms with Crippen molar-refractivity contribution in [3.05, 3.63) is 0 Å². The van der Waals surface area contributed by atoms with Gasteiger partial charge in [0.25, 0.3) is 0 Å². The van der Waals surface area contributed by atoms with E-state index in [2.05, 4.69) is 24.1 Å². The molecule has 4 saturated carbocycles. The van der Waals surface area contributed by atoms with E-state index in [4.69, 9.17) is 0 Å². The first kappa shape index (κ1) is 38.4. The van der Waals surface area contributed by atoms with Gasteiger partial charge in [0.1, 0.15) is 0 Å². The van der Waals surface area contributed by atoms with Crippen LogP contribution < -0.4 is 5.32 Å². The molecule has 6 fully saturated rings. The number of amides is 2. The van der Waals surface area contributed by atoms with Crippen molar-refractivity contribution in [2.75, 3.05) is 19.6 Å². The van der Waals surface area contributed by atoms with Crippen LogP contribution in [0.4, 0.5) is 0 Å². The molecule has 286 valence electrons. The van der Waals surface area contributed by atoms with E-state index in [1.165, 1.54) is 12.8 Å². The highest BCUT2D eigenvalue weighted by Gasteiger charge is 2.85. The standard InChI is InChI=1S/C42H67N3O6/c1-7-13-28(38(50)51)22-33(46)32-24-42(40(5,6)41(42)19-12-20-41)26-45(32)37(49)31(27-14-9-8-10-15-27)23-34(47)35(39(2,3)4)43-36(48)29-16-11-21-44(25-29)30-17-18-30/h27-32,35H,7-26H2,1-6H3,(H,43,48)(H,50,51)/t28-,29-,31+,32-,35+,42-/m0/s1. The normalized spacial score (nSPS) is 30.7. The molecule has 6 rings (SSSR count). The van der Waals surface area contributed by atoms with Gasteiger partial charge in [0.2, 0.25) is 11.8 Å². The topological polar surface area (TPSA) is 124 Å². The molecule has 6 aliphatic rings. The van der Waals surface area contributed by atoms with Crippen LogP contribution in [0.2, 0.25) is 0 Å².